The van der Waals surface area contributed by atoms with E-state index in [-0.39, 0.29) is 6.04 Å². The predicted molar refractivity (Wildman–Crippen MR) is 87.7 cm³/mol. The summed E-state index contributed by atoms with van der Waals surface area (Å²) >= 11 is 0. The summed E-state index contributed by atoms with van der Waals surface area (Å²) in [6.45, 7) is 2.88. The van der Waals surface area contributed by atoms with E-state index in [0.717, 1.165) is 29.0 Å². The summed E-state index contributed by atoms with van der Waals surface area (Å²) in [4.78, 5) is 8.95. The normalized spacial score (nSPS) is 24.9. The largest absolute Gasteiger partial charge is 0.383 e. The maximum absolute atomic E-state index is 11.0. The zero-order chi connectivity index (χ0) is 15.9. The molecule has 0 aliphatic carbocycles. The number of piperidine rings is 1. The van der Waals surface area contributed by atoms with Crippen LogP contribution in [0.1, 0.15) is 25.5 Å². The Morgan fingerprint density at radius 2 is 2.17 bits per heavy atom. The molecule has 4 heterocycles. The Morgan fingerprint density at radius 1 is 1.26 bits per heavy atom. The van der Waals surface area contributed by atoms with E-state index in [1.54, 1.807) is 6.20 Å². The van der Waals surface area contributed by atoms with Gasteiger partial charge in [-0.1, -0.05) is 6.07 Å². The molecule has 0 aromatic carbocycles. The summed E-state index contributed by atoms with van der Waals surface area (Å²) in [5, 5.41) is 22.5. The van der Waals surface area contributed by atoms with Gasteiger partial charge in [0.2, 0.25) is 0 Å². The fourth-order valence-electron chi connectivity index (χ4n) is 3.32. The second-order valence-electron chi connectivity index (χ2n) is 6.22. The second-order valence-corrected chi connectivity index (χ2v) is 6.22. The molecule has 4 rings (SSSR count). The lowest BCUT2D eigenvalue weighted by Gasteiger charge is -2.35. The van der Waals surface area contributed by atoms with E-state index in [4.69, 9.17) is 4.98 Å². The van der Waals surface area contributed by atoms with Crippen LogP contribution in [0.3, 0.4) is 0 Å². The number of aromatic amines is 1. The summed E-state index contributed by atoms with van der Waals surface area (Å²) < 4.78 is 0. The summed E-state index contributed by atoms with van der Waals surface area (Å²) in [7, 11) is 0. The minimum Gasteiger partial charge on any atom is -0.383 e. The lowest BCUT2D eigenvalue weighted by molar-refractivity contribution is -0.0102. The van der Waals surface area contributed by atoms with Crippen LogP contribution in [-0.4, -0.2) is 37.9 Å². The van der Waals surface area contributed by atoms with Gasteiger partial charge < -0.3 is 10.4 Å². The van der Waals surface area contributed by atoms with Crippen LogP contribution in [0.5, 0.6) is 0 Å². The topological polar surface area (TPSA) is 86.7 Å². The van der Waals surface area contributed by atoms with Gasteiger partial charge in [0.05, 0.1) is 17.1 Å². The van der Waals surface area contributed by atoms with Crippen molar-refractivity contribution < 1.29 is 5.11 Å². The average molecular weight is 309 g/mol. The van der Waals surface area contributed by atoms with E-state index in [1.165, 1.54) is 0 Å². The van der Waals surface area contributed by atoms with Crippen LogP contribution in [0.4, 0.5) is 0 Å². The Balaban J connectivity index is 1.77. The van der Waals surface area contributed by atoms with Gasteiger partial charge in [0.1, 0.15) is 5.60 Å². The molecule has 118 valence electrons. The summed E-state index contributed by atoms with van der Waals surface area (Å²) in [6, 6.07) is 9.89. The van der Waals surface area contributed by atoms with Crippen molar-refractivity contribution in [3.8, 4) is 11.4 Å². The van der Waals surface area contributed by atoms with Crippen LogP contribution in [0, 0.1) is 0 Å². The molecule has 1 saturated heterocycles. The van der Waals surface area contributed by atoms with Gasteiger partial charge in [-0.15, -0.1) is 0 Å². The van der Waals surface area contributed by atoms with Crippen molar-refractivity contribution in [2.45, 2.75) is 31.4 Å². The van der Waals surface area contributed by atoms with Gasteiger partial charge in [0.25, 0.3) is 0 Å². The number of aliphatic hydroxyl groups is 1. The van der Waals surface area contributed by atoms with E-state index in [0.29, 0.717) is 18.5 Å². The standard InChI is InChI=1S/C17H19N5O/c1-11-10-17(23,7-9-18-11)14-6-2-5-13(20-14)15-12-4-3-8-19-16(12)22-21-15/h2-6,8,11,18,23H,7,9-10H2,1H3,(H,19,21,22)/t11-,17?/m1/s1. The first-order valence-electron chi connectivity index (χ1n) is 7.88. The maximum atomic E-state index is 11.0. The molecule has 3 N–H and O–H groups in total. The molecule has 0 amide bonds. The molecule has 1 fully saturated rings. The molecule has 0 bridgehead atoms. The molecule has 6 nitrogen and oxygen atoms in total. The molecule has 0 saturated carbocycles. The predicted octanol–water partition coefficient (Wildman–Crippen LogP) is 1.98. The van der Waals surface area contributed by atoms with Crippen LogP contribution in [0.15, 0.2) is 36.5 Å². The van der Waals surface area contributed by atoms with Gasteiger partial charge in [-0.25, -0.2) is 9.97 Å². The quantitative estimate of drug-likeness (QED) is 0.674. The lowest BCUT2D eigenvalue weighted by atomic mass is 9.85. The highest BCUT2D eigenvalue weighted by Gasteiger charge is 2.35. The zero-order valence-electron chi connectivity index (χ0n) is 13.0. The molecule has 0 radical (unpaired) electrons. The van der Waals surface area contributed by atoms with Crippen molar-refractivity contribution in [1.82, 2.24) is 25.5 Å². The molecule has 0 spiro atoms. The average Bonchev–Trinajstić information content (AvgIpc) is 2.99. The highest BCUT2D eigenvalue weighted by Crippen LogP contribution is 2.33. The van der Waals surface area contributed by atoms with Crippen molar-refractivity contribution >= 4 is 11.0 Å². The molecule has 3 aromatic heterocycles. The van der Waals surface area contributed by atoms with Crippen LogP contribution in [0.2, 0.25) is 0 Å². The molecule has 1 aliphatic rings. The molecule has 1 unspecified atom stereocenters. The third-order valence-corrected chi connectivity index (χ3v) is 4.49. The van der Waals surface area contributed by atoms with Crippen molar-refractivity contribution in [3.05, 3.63) is 42.2 Å². The van der Waals surface area contributed by atoms with Crippen LogP contribution < -0.4 is 5.32 Å². The minimum absolute atomic E-state index is 0.274. The molecule has 1 aliphatic heterocycles. The summed E-state index contributed by atoms with van der Waals surface area (Å²) in [6.07, 6.45) is 3.05. The highest BCUT2D eigenvalue weighted by molar-refractivity contribution is 5.89. The number of fused-ring (bicyclic) bond motifs is 1. The smallest absolute Gasteiger partial charge is 0.181 e. The number of H-pyrrole nitrogens is 1. The number of hydrogen-bond donors (Lipinski definition) is 3. The Labute approximate surface area is 134 Å². The number of nitrogens with one attached hydrogen (secondary N) is 2. The van der Waals surface area contributed by atoms with Gasteiger partial charge in [-0.3, -0.25) is 5.10 Å². The summed E-state index contributed by atoms with van der Waals surface area (Å²) in [5.41, 5.74) is 2.12. The van der Waals surface area contributed by atoms with E-state index in [2.05, 4.69) is 27.4 Å². The van der Waals surface area contributed by atoms with E-state index >= 15 is 0 Å². The Bertz CT molecular complexity index is 846. The van der Waals surface area contributed by atoms with Gasteiger partial charge in [0, 0.05) is 17.6 Å². The molecular formula is C17H19N5O. The molecular weight excluding hydrogens is 290 g/mol. The third kappa shape index (κ3) is 2.50. The minimum atomic E-state index is -0.880. The van der Waals surface area contributed by atoms with Gasteiger partial charge >= 0.3 is 0 Å². The Hall–Kier alpha value is -2.31. The van der Waals surface area contributed by atoms with Gasteiger partial charge in [0.15, 0.2) is 5.65 Å². The maximum Gasteiger partial charge on any atom is 0.181 e. The molecule has 3 aromatic rings. The zero-order valence-corrected chi connectivity index (χ0v) is 13.0. The number of hydrogen-bond acceptors (Lipinski definition) is 5. The van der Waals surface area contributed by atoms with Crippen molar-refractivity contribution in [2.75, 3.05) is 6.54 Å². The lowest BCUT2D eigenvalue weighted by Crippen LogP contribution is -2.45. The van der Waals surface area contributed by atoms with Crippen molar-refractivity contribution in [2.24, 2.45) is 0 Å². The second kappa shape index (κ2) is 5.40. The first-order valence-corrected chi connectivity index (χ1v) is 7.88. The Kier molecular flexibility index (Phi) is 3.36. The Morgan fingerprint density at radius 3 is 3.04 bits per heavy atom. The number of pyridine rings is 2. The fraction of sp³-hybridized carbons (Fsp3) is 0.353. The SMILES string of the molecule is C[C@@H]1CC(O)(c2cccc(-c3[nH]nc4ncccc34)n2)CCN1. The van der Waals surface area contributed by atoms with E-state index < -0.39 is 5.60 Å². The summed E-state index contributed by atoms with van der Waals surface area (Å²) in [5.74, 6) is 0. The van der Waals surface area contributed by atoms with Gasteiger partial charge in [-0.05, 0) is 50.6 Å². The van der Waals surface area contributed by atoms with Crippen LogP contribution in [0.25, 0.3) is 22.4 Å². The highest BCUT2D eigenvalue weighted by atomic mass is 16.3. The van der Waals surface area contributed by atoms with Crippen molar-refractivity contribution in [3.63, 3.8) is 0 Å². The number of aromatic nitrogens is 4. The molecule has 6 heteroatoms. The first-order chi connectivity index (χ1) is 11.2. The molecule has 23 heavy (non-hydrogen) atoms. The molecule has 2 atom stereocenters. The van der Waals surface area contributed by atoms with Crippen LogP contribution in [-0.2, 0) is 5.60 Å². The monoisotopic (exact) mass is 309 g/mol. The van der Waals surface area contributed by atoms with Crippen molar-refractivity contribution in [1.29, 1.82) is 0 Å². The van der Waals surface area contributed by atoms with Crippen LogP contribution >= 0.6 is 0 Å². The number of rotatable bonds is 2. The first kappa shape index (κ1) is 14.3. The van der Waals surface area contributed by atoms with E-state index in [1.807, 2.05) is 30.3 Å². The van der Waals surface area contributed by atoms with E-state index in [9.17, 15) is 5.11 Å². The fourth-order valence-corrected chi connectivity index (χ4v) is 3.32. The number of nitrogens with zero attached hydrogens (tertiary/aromatic N) is 3. The third-order valence-electron chi connectivity index (χ3n) is 4.49. The van der Waals surface area contributed by atoms with Gasteiger partial charge in [-0.2, -0.15) is 5.10 Å².